The molecule has 0 aromatic carbocycles. The van der Waals surface area contributed by atoms with Gasteiger partial charge in [0.25, 0.3) is 5.91 Å². The van der Waals surface area contributed by atoms with E-state index in [9.17, 15) is 13.2 Å². The second-order valence-corrected chi connectivity index (χ2v) is 9.37. The Labute approximate surface area is 155 Å². The van der Waals surface area contributed by atoms with E-state index in [0.717, 1.165) is 25.3 Å². The molecule has 1 aromatic heterocycles. The summed E-state index contributed by atoms with van der Waals surface area (Å²) >= 11 is 0. The van der Waals surface area contributed by atoms with Crippen molar-refractivity contribution in [2.45, 2.75) is 32.2 Å². The second-order valence-electron chi connectivity index (χ2n) is 7.43. The summed E-state index contributed by atoms with van der Waals surface area (Å²) in [5.74, 6) is -0.130. The second kappa shape index (κ2) is 7.66. The fourth-order valence-corrected chi connectivity index (χ4v) is 4.76. The molecule has 0 aliphatic carbocycles. The van der Waals surface area contributed by atoms with Gasteiger partial charge in [-0.2, -0.15) is 9.40 Å². The third kappa shape index (κ3) is 4.27. The summed E-state index contributed by atoms with van der Waals surface area (Å²) < 4.78 is 27.7. The maximum Gasteiger partial charge on any atom is 0.274 e. The summed E-state index contributed by atoms with van der Waals surface area (Å²) in [4.78, 5) is 16.5. The number of hydrogen-bond donors (Lipinski definition) is 0. The van der Waals surface area contributed by atoms with Crippen LogP contribution in [0.1, 0.15) is 35.4 Å². The molecule has 2 fully saturated rings. The van der Waals surface area contributed by atoms with Gasteiger partial charge in [-0.25, -0.2) is 8.42 Å². The van der Waals surface area contributed by atoms with Gasteiger partial charge in [-0.05, 0) is 38.9 Å². The van der Waals surface area contributed by atoms with E-state index in [0.29, 0.717) is 25.3 Å². The molecule has 3 heterocycles. The smallest absolute Gasteiger partial charge is 0.274 e. The highest BCUT2D eigenvalue weighted by Gasteiger charge is 2.39. The first-order valence-electron chi connectivity index (χ1n) is 9.25. The highest BCUT2D eigenvalue weighted by atomic mass is 32.2. The summed E-state index contributed by atoms with van der Waals surface area (Å²) in [7, 11) is -1.49. The summed E-state index contributed by atoms with van der Waals surface area (Å²) in [5.41, 5.74) is 1.34. The van der Waals surface area contributed by atoms with E-state index in [1.165, 1.54) is 25.5 Å². The Hall–Kier alpha value is -1.45. The van der Waals surface area contributed by atoms with Gasteiger partial charge < -0.3 is 9.80 Å². The summed E-state index contributed by atoms with van der Waals surface area (Å²) in [6.07, 6.45) is 4.90. The number of sulfonamides is 1. The summed E-state index contributed by atoms with van der Waals surface area (Å²) in [6, 6.07) is 1.63. The molecule has 9 heteroatoms. The van der Waals surface area contributed by atoms with Gasteiger partial charge in [0.15, 0.2) is 5.69 Å². The minimum Gasteiger partial charge on any atom is -0.334 e. The molecule has 3 rings (SSSR count). The van der Waals surface area contributed by atoms with Gasteiger partial charge in [-0.1, -0.05) is 6.42 Å². The van der Waals surface area contributed by atoms with Crippen LogP contribution in [0.3, 0.4) is 0 Å². The molecule has 2 aliphatic heterocycles. The largest absolute Gasteiger partial charge is 0.334 e. The lowest BCUT2D eigenvalue weighted by Gasteiger charge is -2.44. The number of rotatable bonds is 6. The van der Waals surface area contributed by atoms with Gasteiger partial charge in [-0.15, -0.1) is 0 Å². The molecule has 0 spiro atoms. The lowest BCUT2D eigenvalue weighted by Crippen LogP contribution is -2.63. The van der Waals surface area contributed by atoms with E-state index >= 15 is 0 Å². The number of amides is 1. The first-order valence-corrected chi connectivity index (χ1v) is 11.1. The zero-order valence-electron chi connectivity index (χ0n) is 15.9. The van der Waals surface area contributed by atoms with E-state index in [-0.39, 0.29) is 11.9 Å². The number of nitrogens with zero attached hydrogens (tertiary/aromatic N) is 5. The fourth-order valence-electron chi connectivity index (χ4n) is 3.67. The SMILES string of the molecule is Cc1cc(C(=O)N2CC(N(CCN3CCCCC3)S(C)(=O)=O)C2)nn1C. The monoisotopic (exact) mass is 383 g/mol. The highest BCUT2D eigenvalue weighted by Crippen LogP contribution is 2.20. The molecule has 0 saturated carbocycles. The first-order chi connectivity index (χ1) is 12.3. The number of aromatic nitrogens is 2. The van der Waals surface area contributed by atoms with Crippen LogP contribution >= 0.6 is 0 Å². The van der Waals surface area contributed by atoms with Crippen molar-refractivity contribution in [3.8, 4) is 0 Å². The Bertz CT molecular complexity index is 729. The molecular formula is C17H29N5O3S. The van der Waals surface area contributed by atoms with Crippen LogP contribution in [0.2, 0.25) is 0 Å². The van der Waals surface area contributed by atoms with Gasteiger partial charge in [-0.3, -0.25) is 9.48 Å². The van der Waals surface area contributed by atoms with E-state index in [1.54, 1.807) is 27.0 Å². The third-order valence-corrected chi connectivity index (χ3v) is 6.73. The molecule has 0 bridgehead atoms. The molecule has 2 aliphatic rings. The van der Waals surface area contributed by atoms with Crippen LogP contribution in [0.25, 0.3) is 0 Å². The molecule has 2 saturated heterocycles. The van der Waals surface area contributed by atoms with Gasteiger partial charge in [0.1, 0.15) is 0 Å². The zero-order chi connectivity index (χ0) is 18.9. The Balaban J connectivity index is 1.57. The molecule has 0 atom stereocenters. The quantitative estimate of drug-likeness (QED) is 0.706. The first kappa shape index (κ1) is 19.3. The predicted octanol–water partition coefficient (Wildman–Crippen LogP) is 0.300. The van der Waals surface area contributed by atoms with E-state index in [4.69, 9.17) is 0 Å². The predicted molar refractivity (Wildman–Crippen MR) is 99.5 cm³/mol. The van der Waals surface area contributed by atoms with Crippen molar-refractivity contribution in [1.82, 2.24) is 23.9 Å². The van der Waals surface area contributed by atoms with E-state index in [2.05, 4.69) is 10.00 Å². The van der Waals surface area contributed by atoms with Crippen LogP contribution in [-0.2, 0) is 17.1 Å². The Kier molecular flexibility index (Phi) is 5.69. The van der Waals surface area contributed by atoms with Gasteiger partial charge in [0, 0.05) is 38.9 Å². The average molecular weight is 384 g/mol. The number of carbonyl (C=O) groups is 1. The van der Waals surface area contributed by atoms with Crippen molar-refractivity contribution < 1.29 is 13.2 Å². The highest BCUT2D eigenvalue weighted by molar-refractivity contribution is 7.88. The van der Waals surface area contributed by atoms with E-state index in [1.807, 2.05) is 6.92 Å². The molecule has 0 N–H and O–H groups in total. The normalized spacial score (nSPS) is 19.8. The van der Waals surface area contributed by atoms with Crippen molar-refractivity contribution in [1.29, 1.82) is 0 Å². The Morgan fingerprint density at radius 1 is 1.27 bits per heavy atom. The van der Waals surface area contributed by atoms with Gasteiger partial charge >= 0.3 is 0 Å². The molecule has 1 aromatic rings. The lowest BCUT2D eigenvalue weighted by molar-refractivity contribution is 0.0431. The maximum absolute atomic E-state index is 12.5. The molecule has 8 nitrogen and oxygen atoms in total. The van der Waals surface area contributed by atoms with Crippen LogP contribution in [0, 0.1) is 6.92 Å². The minimum atomic E-state index is -3.29. The molecule has 146 valence electrons. The average Bonchev–Trinajstić information content (AvgIpc) is 2.88. The molecule has 1 amide bonds. The lowest BCUT2D eigenvalue weighted by atomic mass is 10.1. The van der Waals surface area contributed by atoms with Gasteiger partial charge in [0.05, 0.1) is 12.3 Å². The Morgan fingerprint density at radius 2 is 1.92 bits per heavy atom. The van der Waals surface area contributed by atoms with E-state index < -0.39 is 10.0 Å². The van der Waals surface area contributed by atoms with Crippen LogP contribution in [-0.4, -0.2) is 89.8 Å². The van der Waals surface area contributed by atoms with Crippen molar-refractivity contribution in [3.63, 3.8) is 0 Å². The zero-order valence-corrected chi connectivity index (χ0v) is 16.7. The van der Waals surface area contributed by atoms with Crippen molar-refractivity contribution >= 4 is 15.9 Å². The number of aryl methyl sites for hydroxylation is 2. The summed E-state index contributed by atoms with van der Waals surface area (Å²) in [6.45, 7) is 6.11. The van der Waals surface area contributed by atoms with Crippen molar-refractivity contribution in [2.75, 3.05) is 45.5 Å². The summed E-state index contributed by atoms with van der Waals surface area (Å²) in [5, 5.41) is 4.22. The topological polar surface area (TPSA) is 78.8 Å². The third-order valence-electron chi connectivity index (χ3n) is 5.40. The molecule has 0 radical (unpaired) electrons. The minimum absolute atomic E-state index is 0.130. The van der Waals surface area contributed by atoms with Gasteiger partial charge in [0.2, 0.25) is 10.0 Å². The van der Waals surface area contributed by atoms with Crippen molar-refractivity contribution in [3.05, 3.63) is 17.5 Å². The molecule has 0 unspecified atom stereocenters. The number of likely N-dealkylation sites (tertiary alicyclic amines) is 2. The maximum atomic E-state index is 12.5. The van der Waals surface area contributed by atoms with Crippen molar-refractivity contribution in [2.24, 2.45) is 7.05 Å². The van der Waals surface area contributed by atoms with Crippen LogP contribution in [0.4, 0.5) is 0 Å². The fraction of sp³-hybridized carbons (Fsp3) is 0.765. The standard InChI is InChI=1S/C17H29N5O3S/c1-14-11-16(18-19(14)2)17(23)21-12-15(13-21)22(26(3,24)25)10-9-20-7-5-4-6-8-20/h11,15H,4-10,12-13H2,1-3H3. The van der Waals surface area contributed by atoms with Crippen LogP contribution < -0.4 is 0 Å². The number of hydrogen-bond acceptors (Lipinski definition) is 5. The molecule has 26 heavy (non-hydrogen) atoms. The number of piperidine rings is 1. The molecular weight excluding hydrogens is 354 g/mol. The number of carbonyl (C=O) groups excluding carboxylic acids is 1. The van der Waals surface area contributed by atoms with Crippen LogP contribution in [0.5, 0.6) is 0 Å². The Morgan fingerprint density at radius 3 is 2.46 bits per heavy atom. The van der Waals surface area contributed by atoms with Crippen LogP contribution in [0.15, 0.2) is 6.07 Å².